The van der Waals surface area contributed by atoms with Crippen LogP contribution in [-0.4, -0.2) is 42.4 Å². The molecular formula is C20H31NO2. The van der Waals surface area contributed by atoms with Gasteiger partial charge in [-0.25, -0.2) is 0 Å². The lowest BCUT2D eigenvalue weighted by molar-refractivity contribution is -0.0138. The Kier molecular flexibility index (Phi) is 4.70. The van der Waals surface area contributed by atoms with Gasteiger partial charge in [0.15, 0.2) is 0 Å². The van der Waals surface area contributed by atoms with E-state index in [1.807, 2.05) is 19.2 Å². The number of rotatable bonds is 5. The monoisotopic (exact) mass is 317 g/mol. The van der Waals surface area contributed by atoms with Gasteiger partial charge in [0, 0.05) is 19.7 Å². The number of piperidine rings is 1. The highest BCUT2D eigenvalue weighted by atomic mass is 16.5. The number of hydrogen-bond donors (Lipinski definition) is 1. The maximum absolute atomic E-state index is 9.92. The second-order valence-electron chi connectivity index (χ2n) is 7.71. The van der Waals surface area contributed by atoms with Gasteiger partial charge in [-0.05, 0) is 60.4 Å². The lowest BCUT2D eigenvalue weighted by Crippen LogP contribution is -2.59. The van der Waals surface area contributed by atoms with Crippen LogP contribution < -0.4 is 0 Å². The third-order valence-electron chi connectivity index (χ3n) is 6.49. The van der Waals surface area contributed by atoms with Crippen LogP contribution in [0.5, 0.6) is 5.75 Å². The molecule has 0 spiro atoms. The van der Waals surface area contributed by atoms with Crippen molar-refractivity contribution in [1.82, 2.24) is 4.90 Å². The zero-order valence-corrected chi connectivity index (χ0v) is 15.0. The molecule has 1 aliphatic heterocycles. The van der Waals surface area contributed by atoms with E-state index >= 15 is 0 Å². The number of phenolic OH excluding ortho intramolecular Hbond substituents is 1. The number of aromatic hydroxyl groups is 1. The standard InChI is InChI=1S/C20H31NO2/c1-5-6-17(23-4)13-21-10-9-20(3)14(2)19(21)11-15-7-8-16(22)12-18(15)20/h7-8,12,14,17,19,22H,5-6,9-11,13H2,1-4H3/t14-,17-,19-,20+/m1/s1. The SMILES string of the molecule is CCC[C@H](CN1CC[C@]2(C)c3cc(O)ccc3C[C@@H]1[C@H]2C)OC. The summed E-state index contributed by atoms with van der Waals surface area (Å²) < 4.78 is 5.70. The Labute approximate surface area is 140 Å². The fourth-order valence-electron chi connectivity index (χ4n) is 4.79. The third-order valence-corrected chi connectivity index (χ3v) is 6.49. The van der Waals surface area contributed by atoms with Crippen LogP contribution in [0.3, 0.4) is 0 Å². The molecule has 1 aromatic rings. The van der Waals surface area contributed by atoms with Gasteiger partial charge in [0.1, 0.15) is 5.75 Å². The summed E-state index contributed by atoms with van der Waals surface area (Å²) in [6.07, 6.45) is 4.90. The van der Waals surface area contributed by atoms with Gasteiger partial charge < -0.3 is 9.84 Å². The average Bonchev–Trinajstić information content (AvgIpc) is 2.53. The fourth-order valence-corrected chi connectivity index (χ4v) is 4.79. The van der Waals surface area contributed by atoms with Gasteiger partial charge in [-0.15, -0.1) is 0 Å². The van der Waals surface area contributed by atoms with Crippen molar-refractivity contribution in [2.75, 3.05) is 20.2 Å². The highest BCUT2D eigenvalue weighted by Crippen LogP contribution is 2.49. The molecule has 3 rings (SSSR count). The van der Waals surface area contributed by atoms with E-state index in [1.54, 1.807) is 0 Å². The van der Waals surface area contributed by atoms with Crippen molar-refractivity contribution < 1.29 is 9.84 Å². The van der Waals surface area contributed by atoms with Crippen molar-refractivity contribution in [1.29, 1.82) is 0 Å². The third kappa shape index (κ3) is 2.89. The summed E-state index contributed by atoms with van der Waals surface area (Å²) in [5.41, 5.74) is 2.97. The summed E-state index contributed by atoms with van der Waals surface area (Å²) in [4.78, 5) is 2.66. The van der Waals surface area contributed by atoms with Crippen LogP contribution in [0.15, 0.2) is 18.2 Å². The minimum atomic E-state index is 0.181. The van der Waals surface area contributed by atoms with Crippen molar-refractivity contribution in [3.8, 4) is 5.75 Å². The van der Waals surface area contributed by atoms with Crippen molar-refractivity contribution >= 4 is 0 Å². The van der Waals surface area contributed by atoms with Gasteiger partial charge in [0.2, 0.25) is 0 Å². The maximum atomic E-state index is 9.92. The van der Waals surface area contributed by atoms with Gasteiger partial charge in [-0.3, -0.25) is 4.90 Å². The van der Waals surface area contributed by atoms with E-state index in [2.05, 4.69) is 31.7 Å². The Morgan fingerprint density at radius 1 is 1.43 bits per heavy atom. The van der Waals surface area contributed by atoms with E-state index in [9.17, 15) is 5.11 Å². The van der Waals surface area contributed by atoms with E-state index in [-0.39, 0.29) is 5.41 Å². The van der Waals surface area contributed by atoms with Crippen molar-refractivity contribution in [2.45, 2.75) is 64.0 Å². The van der Waals surface area contributed by atoms with Crippen LogP contribution in [0, 0.1) is 5.92 Å². The molecule has 1 aliphatic carbocycles. The van der Waals surface area contributed by atoms with Crippen molar-refractivity contribution in [2.24, 2.45) is 5.92 Å². The minimum Gasteiger partial charge on any atom is -0.508 e. The van der Waals surface area contributed by atoms with E-state index in [1.165, 1.54) is 17.5 Å². The molecule has 1 fully saturated rings. The number of nitrogens with zero attached hydrogens (tertiary/aromatic N) is 1. The first-order chi connectivity index (χ1) is 11.0. The summed E-state index contributed by atoms with van der Waals surface area (Å²) in [6, 6.07) is 6.56. The molecule has 2 aliphatic rings. The first kappa shape index (κ1) is 16.8. The Bertz CT molecular complexity index is 559. The summed E-state index contributed by atoms with van der Waals surface area (Å²) in [5.74, 6) is 1.00. The molecule has 0 aromatic heterocycles. The summed E-state index contributed by atoms with van der Waals surface area (Å²) >= 11 is 0. The summed E-state index contributed by atoms with van der Waals surface area (Å²) in [5, 5.41) is 9.92. The van der Waals surface area contributed by atoms with Gasteiger partial charge in [-0.1, -0.05) is 33.3 Å². The molecule has 1 heterocycles. The molecule has 0 saturated carbocycles. The van der Waals surface area contributed by atoms with E-state index in [0.717, 1.165) is 32.4 Å². The highest BCUT2D eigenvalue weighted by Gasteiger charge is 2.48. The smallest absolute Gasteiger partial charge is 0.115 e. The number of fused-ring (bicyclic) bond motifs is 4. The Hall–Kier alpha value is -1.06. The normalized spacial score (nSPS) is 31.7. The predicted octanol–water partition coefficient (Wildman–Crippen LogP) is 3.73. The van der Waals surface area contributed by atoms with E-state index in [4.69, 9.17) is 4.74 Å². The van der Waals surface area contributed by atoms with E-state index in [0.29, 0.717) is 23.8 Å². The molecule has 1 aromatic carbocycles. The number of likely N-dealkylation sites (tertiary alicyclic amines) is 1. The number of ether oxygens (including phenoxy) is 1. The van der Waals surface area contributed by atoms with Crippen LogP contribution in [0.2, 0.25) is 0 Å². The minimum absolute atomic E-state index is 0.181. The molecule has 128 valence electrons. The number of benzene rings is 1. The highest BCUT2D eigenvalue weighted by molar-refractivity contribution is 5.44. The molecule has 0 unspecified atom stereocenters. The molecule has 23 heavy (non-hydrogen) atoms. The molecular weight excluding hydrogens is 286 g/mol. The van der Waals surface area contributed by atoms with Gasteiger partial charge >= 0.3 is 0 Å². The quantitative estimate of drug-likeness (QED) is 0.898. The fraction of sp³-hybridized carbons (Fsp3) is 0.700. The van der Waals surface area contributed by atoms with Crippen molar-refractivity contribution in [3.63, 3.8) is 0 Å². The second kappa shape index (κ2) is 6.45. The van der Waals surface area contributed by atoms with Crippen LogP contribution >= 0.6 is 0 Å². The Morgan fingerprint density at radius 3 is 2.91 bits per heavy atom. The van der Waals surface area contributed by atoms with E-state index < -0.39 is 0 Å². The summed E-state index contributed by atoms with van der Waals surface area (Å²) in [7, 11) is 1.84. The predicted molar refractivity (Wildman–Crippen MR) is 94.0 cm³/mol. The molecule has 1 N–H and O–H groups in total. The van der Waals surface area contributed by atoms with Crippen LogP contribution in [0.25, 0.3) is 0 Å². The molecule has 0 amide bonds. The second-order valence-corrected chi connectivity index (χ2v) is 7.71. The maximum Gasteiger partial charge on any atom is 0.115 e. The van der Waals surface area contributed by atoms with Crippen LogP contribution in [0.4, 0.5) is 0 Å². The Morgan fingerprint density at radius 2 is 2.22 bits per heavy atom. The largest absolute Gasteiger partial charge is 0.508 e. The van der Waals surface area contributed by atoms with Gasteiger partial charge in [-0.2, -0.15) is 0 Å². The van der Waals surface area contributed by atoms with Gasteiger partial charge in [0.25, 0.3) is 0 Å². The molecule has 3 nitrogen and oxygen atoms in total. The zero-order chi connectivity index (χ0) is 16.6. The molecule has 2 bridgehead atoms. The average molecular weight is 317 g/mol. The first-order valence-electron chi connectivity index (χ1n) is 9.08. The summed E-state index contributed by atoms with van der Waals surface area (Å²) in [6.45, 7) is 9.18. The molecule has 0 radical (unpaired) electrons. The number of phenols is 1. The topological polar surface area (TPSA) is 32.7 Å². The van der Waals surface area contributed by atoms with Crippen molar-refractivity contribution in [3.05, 3.63) is 29.3 Å². The van der Waals surface area contributed by atoms with Crippen LogP contribution in [-0.2, 0) is 16.6 Å². The molecule has 3 heteroatoms. The lowest BCUT2D eigenvalue weighted by atomic mass is 9.59. The number of hydrogen-bond acceptors (Lipinski definition) is 3. The lowest BCUT2D eigenvalue weighted by Gasteiger charge is -2.55. The first-order valence-corrected chi connectivity index (χ1v) is 9.08. The molecule has 4 atom stereocenters. The van der Waals surface area contributed by atoms with Gasteiger partial charge in [0.05, 0.1) is 6.10 Å². The zero-order valence-electron chi connectivity index (χ0n) is 15.0. The van der Waals surface area contributed by atoms with Crippen LogP contribution in [0.1, 0.15) is 51.2 Å². The molecule has 1 saturated heterocycles. The number of methoxy groups -OCH3 is 1. The Balaban J connectivity index is 1.86.